The number of ether oxygens (including phenoxy) is 1. The normalized spacial score (nSPS) is 21.8. The second-order valence-corrected chi connectivity index (χ2v) is 7.82. The van der Waals surface area contributed by atoms with E-state index in [1.165, 1.54) is 0 Å². The van der Waals surface area contributed by atoms with E-state index in [2.05, 4.69) is 15.6 Å². The van der Waals surface area contributed by atoms with Crippen molar-refractivity contribution in [3.05, 3.63) is 48.3 Å². The zero-order valence-corrected chi connectivity index (χ0v) is 16.6. The number of carbonyl (C=O) groups is 2. The van der Waals surface area contributed by atoms with Gasteiger partial charge in [-0.2, -0.15) is 0 Å². The Balaban J connectivity index is 1.44. The summed E-state index contributed by atoms with van der Waals surface area (Å²) in [6.07, 6.45) is 5.38. The van der Waals surface area contributed by atoms with E-state index >= 15 is 0 Å². The van der Waals surface area contributed by atoms with Gasteiger partial charge in [-0.05, 0) is 61.4 Å². The minimum Gasteiger partial charge on any atom is -0.491 e. The van der Waals surface area contributed by atoms with E-state index in [0.29, 0.717) is 37.6 Å². The number of fused-ring (bicyclic) bond motifs is 2. The van der Waals surface area contributed by atoms with Crippen molar-refractivity contribution < 1.29 is 14.3 Å². The summed E-state index contributed by atoms with van der Waals surface area (Å²) in [5, 5.41) is 5.91. The van der Waals surface area contributed by atoms with Crippen LogP contribution in [0.5, 0.6) is 5.75 Å². The fraction of sp³-hybridized carbons (Fsp3) is 0.409. The molecule has 1 saturated heterocycles. The summed E-state index contributed by atoms with van der Waals surface area (Å²) >= 11 is 0. The van der Waals surface area contributed by atoms with Crippen LogP contribution in [0.1, 0.15) is 24.8 Å². The Hall–Kier alpha value is -3.09. The number of urea groups is 1. The molecule has 3 amide bonds. The van der Waals surface area contributed by atoms with Gasteiger partial charge >= 0.3 is 6.03 Å². The lowest BCUT2D eigenvalue weighted by atomic mass is 9.81. The fourth-order valence-corrected chi connectivity index (χ4v) is 4.13. The van der Waals surface area contributed by atoms with Gasteiger partial charge in [-0.15, -0.1) is 0 Å². The summed E-state index contributed by atoms with van der Waals surface area (Å²) in [7, 11) is 0. The summed E-state index contributed by atoms with van der Waals surface area (Å²) in [5.41, 5.74) is 2.50. The zero-order chi connectivity index (χ0) is 20.2. The molecular weight excluding hydrogens is 368 g/mol. The van der Waals surface area contributed by atoms with Gasteiger partial charge in [0.05, 0.1) is 24.2 Å². The Morgan fingerprint density at radius 1 is 1.28 bits per heavy atom. The average molecular weight is 394 g/mol. The highest BCUT2D eigenvalue weighted by atomic mass is 16.5. The van der Waals surface area contributed by atoms with Crippen LogP contribution in [-0.4, -0.2) is 41.5 Å². The monoisotopic (exact) mass is 394 g/mol. The molecule has 152 valence electrons. The van der Waals surface area contributed by atoms with E-state index in [1.807, 2.05) is 36.1 Å². The van der Waals surface area contributed by atoms with Gasteiger partial charge in [-0.1, -0.05) is 6.07 Å². The third-order valence-electron chi connectivity index (χ3n) is 5.69. The predicted octanol–water partition coefficient (Wildman–Crippen LogP) is 3.67. The molecule has 3 heterocycles. The Morgan fingerprint density at radius 3 is 3.00 bits per heavy atom. The first-order chi connectivity index (χ1) is 14.1. The standard InChI is InChI=1S/C22H26N4O3/c1-15-4-5-20-19(11-15)25-21(27)12-16-6-9-26(14-17(16)7-10-29-20)22(28)24-18-3-2-8-23-13-18/h2-5,8,11,13,16-17H,6-7,9-10,12,14H2,1H3,(H,24,28)(H,25,27)/t16-,17-/m0/s1. The number of amides is 3. The van der Waals surface area contributed by atoms with E-state index < -0.39 is 0 Å². The van der Waals surface area contributed by atoms with E-state index in [1.54, 1.807) is 18.5 Å². The molecule has 2 aromatic rings. The first kappa shape index (κ1) is 19.2. The number of carbonyl (C=O) groups excluding carboxylic acids is 2. The van der Waals surface area contributed by atoms with Crippen molar-refractivity contribution in [1.82, 2.24) is 9.88 Å². The molecule has 2 aliphatic rings. The Kier molecular flexibility index (Phi) is 5.64. The number of hydrogen-bond acceptors (Lipinski definition) is 4. The Bertz CT molecular complexity index is 887. The van der Waals surface area contributed by atoms with Gasteiger partial charge in [0.15, 0.2) is 0 Å². The van der Waals surface area contributed by atoms with Crippen LogP contribution in [0.15, 0.2) is 42.7 Å². The van der Waals surface area contributed by atoms with E-state index in [9.17, 15) is 9.59 Å². The van der Waals surface area contributed by atoms with Gasteiger partial charge < -0.3 is 20.3 Å². The van der Waals surface area contributed by atoms with Crippen LogP contribution in [0.4, 0.5) is 16.2 Å². The number of pyridine rings is 1. The van der Waals surface area contributed by atoms with Crippen molar-refractivity contribution in [1.29, 1.82) is 0 Å². The van der Waals surface area contributed by atoms with Crippen molar-refractivity contribution in [3.8, 4) is 5.75 Å². The molecule has 7 heteroatoms. The summed E-state index contributed by atoms with van der Waals surface area (Å²) in [6, 6.07) is 9.30. The predicted molar refractivity (Wildman–Crippen MR) is 111 cm³/mol. The van der Waals surface area contributed by atoms with Gasteiger partial charge in [-0.3, -0.25) is 9.78 Å². The molecule has 0 bridgehead atoms. The summed E-state index contributed by atoms with van der Waals surface area (Å²) in [4.78, 5) is 31.1. The Labute approximate surface area is 170 Å². The van der Waals surface area contributed by atoms with Crippen LogP contribution in [0.25, 0.3) is 0 Å². The number of aryl methyl sites for hydroxylation is 1. The maximum atomic E-state index is 12.7. The molecule has 0 saturated carbocycles. The number of benzene rings is 1. The van der Waals surface area contributed by atoms with Crippen LogP contribution in [-0.2, 0) is 4.79 Å². The summed E-state index contributed by atoms with van der Waals surface area (Å²) < 4.78 is 5.97. The number of piperidine rings is 1. The van der Waals surface area contributed by atoms with E-state index in [0.717, 1.165) is 24.1 Å². The van der Waals surface area contributed by atoms with Crippen LogP contribution < -0.4 is 15.4 Å². The highest BCUT2D eigenvalue weighted by Gasteiger charge is 2.33. The molecule has 29 heavy (non-hydrogen) atoms. The molecule has 0 aliphatic carbocycles. The molecule has 7 nitrogen and oxygen atoms in total. The minimum absolute atomic E-state index is 0.00520. The molecule has 0 radical (unpaired) electrons. The number of aromatic nitrogens is 1. The van der Waals surface area contributed by atoms with E-state index in [-0.39, 0.29) is 23.8 Å². The molecule has 0 spiro atoms. The van der Waals surface area contributed by atoms with Gasteiger partial charge in [-0.25, -0.2) is 4.79 Å². The fourth-order valence-electron chi connectivity index (χ4n) is 4.13. The van der Waals surface area contributed by atoms with Crippen LogP contribution in [0.3, 0.4) is 0 Å². The highest BCUT2D eigenvalue weighted by molar-refractivity contribution is 5.92. The first-order valence-electron chi connectivity index (χ1n) is 10.1. The summed E-state index contributed by atoms with van der Waals surface area (Å²) in [5.74, 6) is 1.17. The van der Waals surface area contributed by atoms with Crippen LogP contribution in [0, 0.1) is 18.8 Å². The van der Waals surface area contributed by atoms with Crippen molar-refractivity contribution >= 4 is 23.3 Å². The number of nitrogens with one attached hydrogen (secondary N) is 2. The molecule has 2 N–H and O–H groups in total. The van der Waals surface area contributed by atoms with Crippen molar-refractivity contribution in [2.45, 2.75) is 26.2 Å². The lowest BCUT2D eigenvalue weighted by Gasteiger charge is -2.38. The third-order valence-corrected chi connectivity index (χ3v) is 5.69. The third kappa shape index (κ3) is 4.67. The zero-order valence-electron chi connectivity index (χ0n) is 16.6. The molecule has 1 fully saturated rings. The number of rotatable bonds is 1. The lowest BCUT2D eigenvalue weighted by Crippen LogP contribution is -2.46. The van der Waals surface area contributed by atoms with Crippen LogP contribution in [0.2, 0.25) is 0 Å². The molecule has 1 aromatic carbocycles. The second-order valence-electron chi connectivity index (χ2n) is 7.82. The van der Waals surface area contributed by atoms with Crippen molar-refractivity contribution in [3.63, 3.8) is 0 Å². The SMILES string of the molecule is Cc1ccc2c(c1)NC(=O)C[C@@H]1CCN(C(=O)Nc3cccnc3)C[C@@H]1CCO2. The van der Waals surface area contributed by atoms with Gasteiger partial charge in [0.2, 0.25) is 5.91 Å². The highest BCUT2D eigenvalue weighted by Crippen LogP contribution is 2.33. The lowest BCUT2D eigenvalue weighted by molar-refractivity contribution is -0.118. The number of hydrogen-bond donors (Lipinski definition) is 2. The maximum Gasteiger partial charge on any atom is 0.321 e. The minimum atomic E-state index is -0.125. The number of nitrogens with zero attached hydrogens (tertiary/aromatic N) is 2. The summed E-state index contributed by atoms with van der Waals surface area (Å²) in [6.45, 7) is 3.81. The molecule has 2 atom stereocenters. The quantitative estimate of drug-likeness (QED) is 0.773. The van der Waals surface area contributed by atoms with Crippen LogP contribution >= 0.6 is 0 Å². The largest absolute Gasteiger partial charge is 0.491 e. The van der Waals surface area contributed by atoms with Gasteiger partial charge in [0, 0.05) is 25.7 Å². The van der Waals surface area contributed by atoms with E-state index in [4.69, 9.17) is 4.74 Å². The smallest absolute Gasteiger partial charge is 0.321 e. The molecule has 0 unspecified atom stereocenters. The van der Waals surface area contributed by atoms with Crippen molar-refractivity contribution in [2.75, 3.05) is 30.3 Å². The number of anilines is 2. The maximum absolute atomic E-state index is 12.7. The second kappa shape index (κ2) is 8.51. The number of likely N-dealkylation sites (tertiary alicyclic amines) is 1. The molecular formula is C22H26N4O3. The van der Waals surface area contributed by atoms with Crippen molar-refractivity contribution in [2.24, 2.45) is 11.8 Å². The van der Waals surface area contributed by atoms with Gasteiger partial charge in [0.1, 0.15) is 5.75 Å². The average Bonchev–Trinajstić information content (AvgIpc) is 2.71. The molecule has 2 aliphatic heterocycles. The molecule has 1 aromatic heterocycles. The first-order valence-corrected chi connectivity index (χ1v) is 10.1. The Morgan fingerprint density at radius 2 is 2.17 bits per heavy atom. The van der Waals surface area contributed by atoms with Gasteiger partial charge in [0.25, 0.3) is 0 Å². The molecule has 4 rings (SSSR count). The topological polar surface area (TPSA) is 83.6 Å².